The van der Waals surface area contributed by atoms with E-state index in [1.165, 1.54) is 13.2 Å². The Hall–Kier alpha value is -1.55. The quantitative estimate of drug-likeness (QED) is 0.885. The van der Waals surface area contributed by atoms with E-state index in [2.05, 4.69) is 11.5 Å². The van der Waals surface area contributed by atoms with Crippen LogP contribution in [0, 0.1) is 5.82 Å². The van der Waals surface area contributed by atoms with Gasteiger partial charge in [0.1, 0.15) is 0 Å². The largest absolute Gasteiger partial charge is 0.493 e. The third kappa shape index (κ3) is 1.89. The number of aromatic nitrogens is 1. The highest BCUT2D eigenvalue weighted by Gasteiger charge is 2.15. The van der Waals surface area contributed by atoms with Gasteiger partial charge in [-0.15, -0.1) is 0 Å². The molecular weight excluding hydrogens is 219 g/mol. The topological polar surface area (TPSA) is 40.2 Å². The van der Waals surface area contributed by atoms with Crippen molar-refractivity contribution in [3.8, 4) is 5.75 Å². The first-order chi connectivity index (χ1) is 8.22. The number of ether oxygens (including phenoxy) is 1. The lowest BCUT2D eigenvalue weighted by atomic mass is 10.1. The van der Waals surface area contributed by atoms with Crippen LogP contribution in [0.25, 0.3) is 10.9 Å². The van der Waals surface area contributed by atoms with Crippen molar-refractivity contribution in [3.63, 3.8) is 0 Å². The summed E-state index contributed by atoms with van der Waals surface area (Å²) < 4.78 is 20.9. The Morgan fingerprint density at radius 3 is 2.76 bits per heavy atom. The van der Waals surface area contributed by atoms with Crippen molar-refractivity contribution in [1.82, 2.24) is 4.57 Å². The fourth-order valence-corrected chi connectivity index (χ4v) is 2.22. The molecule has 0 aliphatic rings. The van der Waals surface area contributed by atoms with Crippen LogP contribution < -0.4 is 10.5 Å². The van der Waals surface area contributed by atoms with Crippen LogP contribution >= 0.6 is 0 Å². The lowest BCUT2D eigenvalue weighted by Gasteiger charge is -2.06. The Kier molecular flexibility index (Phi) is 3.33. The van der Waals surface area contributed by atoms with Crippen LogP contribution in [0.4, 0.5) is 4.39 Å². The van der Waals surface area contributed by atoms with Gasteiger partial charge < -0.3 is 15.0 Å². The summed E-state index contributed by atoms with van der Waals surface area (Å²) in [4.78, 5) is 0. The number of aryl methyl sites for hydroxylation is 1. The molecule has 0 bridgehead atoms. The van der Waals surface area contributed by atoms with Gasteiger partial charge in [-0.05, 0) is 37.6 Å². The standard InChI is InChI=1S/C13H17FN2O/c1-3-16-8-9(6-7-15)12-11(16)5-4-10(14)13(12)17-2/h4-5,8H,3,6-7,15H2,1-2H3. The number of hydrogen-bond acceptors (Lipinski definition) is 2. The molecule has 2 aromatic rings. The van der Waals surface area contributed by atoms with E-state index in [-0.39, 0.29) is 5.82 Å². The number of rotatable bonds is 4. The van der Waals surface area contributed by atoms with Gasteiger partial charge in [-0.3, -0.25) is 0 Å². The molecule has 17 heavy (non-hydrogen) atoms. The molecule has 2 rings (SSSR count). The number of nitrogens with two attached hydrogens (primary N) is 1. The first-order valence-electron chi connectivity index (χ1n) is 5.77. The van der Waals surface area contributed by atoms with E-state index in [1.807, 2.05) is 6.20 Å². The second kappa shape index (κ2) is 4.75. The lowest BCUT2D eigenvalue weighted by molar-refractivity contribution is 0.391. The Morgan fingerprint density at radius 2 is 2.18 bits per heavy atom. The Morgan fingerprint density at radius 1 is 1.41 bits per heavy atom. The molecule has 0 saturated carbocycles. The Labute approximate surface area is 100.0 Å². The van der Waals surface area contributed by atoms with Crippen molar-refractivity contribution in [2.45, 2.75) is 19.9 Å². The van der Waals surface area contributed by atoms with Gasteiger partial charge in [-0.2, -0.15) is 0 Å². The third-order valence-electron chi connectivity index (χ3n) is 2.99. The molecule has 0 amide bonds. The average Bonchev–Trinajstić information content (AvgIpc) is 2.68. The summed E-state index contributed by atoms with van der Waals surface area (Å²) in [5, 5.41) is 0.847. The minimum absolute atomic E-state index is 0.318. The van der Waals surface area contributed by atoms with Gasteiger partial charge in [-0.1, -0.05) is 0 Å². The summed E-state index contributed by atoms with van der Waals surface area (Å²) in [5.41, 5.74) is 7.62. The molecule has 4 heteroatoms. The average molecular weight is 236 g/mol. The second-order valence-corrected chi connectivity index (χ2v) is 3.95. The van der Waals surface area contributed by atoms with E-state index in [4.69, 9.17) is 10.5 Å². The molecule has 3 nitrogen and oxygen atoms in total. The zero-order valence-electron chi connectivity index (χ0n) is 10.2. The summed E-state index contributed by atoms with van der Waals surface area (Å²) in [6.45, 7) is 3.44. The van der Waals surface area contributed by atoms with E-state index >= 15 is 0 Å². The predicted molar refractivity (Wildman–Crippen MR) is 66.9 cm³/mol. The summed E-state index contributed by atoms with van der Waals surface area (Å²) >= 11 is 0. The highest BCUT2D eigenvalue weighted by Crippen LogP contribution is 2.33. The summed E-state index contributed by atoms with van der Waals surface area (Å²) in [6, 6.07) is 3.23. The van der Waals surface area contributed by atoms with Crippen molar-refractivity contribution in [1.29, 1.82) is 0 Å². The Bertz CT molecular complexity index is 534. The van der Waals surface area contributed by atoms with Crippen LogP contribution in [0.5, 0.6) is 5.75 Å². The Balaban J connectivity index is 2.76. The maximum absolute atomic E-state index is 13.7. The number of nitrogens with zero attached hydrogens (tertiary/aromatic N) is 1. The monoisotopic (exact) mass is 236 g/mol. The van der Waals surface area contributed by atoms with Crippen LogP contribution in [-0.2, 0) is 13.0 Å². The van der Waals surface area contributed by atoms with Gasteiger partial charge >= 0.3 is 0 Å². The van der Waals surface area contributed by atoms with Crippen molar-refractivity contribution >= 4 is 10.9 Å². The molecule has 1 aromatic carbocycles. The van der Waals surface area contributed by atoms with Gasteiger partial charge in [0.25, 0.3) is 0 Å². The minimum atomic E-state index is -0.327. The zero-order chi connectivity index (χ0) is 12.4. The van der Waals surface area contributed by atoms with E-state index in [0.717, 1.165) is 29.4 Å². The lowest BCUT2D eigenvalue weighted by Crippen LogP contribution is -2.02. The van der Waals surface area contributed by atoms with Gasteiger partial charge in [0.05, 0.1) is 12.6 Å². The van der Waals surface area contributed by atoms with Crippen molar-refractivity contribution in [3.05, 3.63) is 29.7 Å². The van der Waals surface area contributed by atoms with Gasteiger partial charge in [0.2, 0.25) is 0 Å². The summed E-state index contributed by atoms with van der Waals surface area (Å²) in [5.74, 6) is -0.00901. The SMILES string of the molecule is CCn1cc(CCN)c2c(OC)c(F)ccc21. The predicted octanol–water partition coefficient (Wildman–Crippen LogP) is 2.31. The summed E-state index contributed by atoms with van der Waals surface area (Å²) in [7, 11) is 1.49. The number of fused-ring (bicyclic) bond motifs is 1. The molecule has 1 aromatic heterocycles. The van der Waals surface area contributed by atoms with E-state index in [0.29, 0.717) is 12.3 Å². The maximum atomic E-state index is 13.7. The van der Waals surface area contributed by atoms with Crippen LogP contribution in [-0.4, -0.2) is 18.2 Å². The molecule has 2 N–H and O–H groups in total. The van der Waals surface area contributed by atoms with Gasteiger partial charge in [0, 0.05) is 18.1 Å². The van der Waals surface area contributed by atoms with Crippen molar-refractivity contribution < 1.29 is 9.13 Å². The highest BCUT2D eigenvalue weighted by atomic mass is 19.1. The third-order valence-corrected chi connectivity index (χ3v) is 2.99. The number of hydrogen-bond donors (Lipinski definition) is 1. The molecule has 0 spiro atoms. The van der Waals surface area contributed by atoms with E-state index in [9.17, 15) is 4.39 Å². The zero-order valence-corrected chi connectivity index (χ0v) is 10.2. The smallest absolute Gasteiger partial charge is 0.165 e. The number of benzene rings is 1. The van der Waals surface area contributed by atoms with Crippen LogP contribution in [0.3, 0.4) is 0 Å². The molecular formula is C13H17FN2O. The highest BCUT2D eigenvalue weighted by molar-refractivity contribution is 5.90. The van der Waals surface area contributed by atoms with Crippen LogP contribution in [0.1, 0.15) is 12.5 Å². The fraction of sp³-hybridized carbons (Fsp3) is 0.385. The maximum Gasteiger partial charge on any atom is 0.165 e. The molecule has 0 atom stereocenters. The van der Waals surface area contributed by atoms with Crippen molar-refractivity contribution in [2.75, 3.05) is 13.7 Å². The van der Waals surface area contributed by atoms with Crippen LogP contribution in [0.2, 0.25) is 0 Å². The second-order valence-electron chi connectivity index (χ2n) is 3.95. The van der Waals surface area contributed by atoms with Crippen molar-refractivity contribution in [2.24, 2.45) is 5.73 Å². The van der Waals surface area contributed by atoms with Gasteiger partial charge in [-0.25, -0.2) is 4.39 Å². The van der Waals surface area contributed by atoms with E-state index < -0.39 is 0 Å². The molecule has 92 valence electrons. The first-order valence-corrected chi connectivity index (χ1v) is 5.77. The van der Waals surface area contributed by atoms with E-state index in [1.54, 1.807) is 6.07 Å². The molecule has 1 heterocycles. The van der Waals surface area contributed by atoms with Gasteiger partial charge in [0.15, 0.2) is 11.6 Å². The van der Waals surface area contributed by atoms with Crippen LogP contribution in [0.15, 0.2) is 18.3 Å². The molecule has 0 aliphatic carbocycles. The fourth-order valence-electron chi connectivity index (χ4n) is 2.22. The molecule has 0 aliphatic heterocycles. The number of halogens is 1. The molecule has 0 fully saturated rings. The molecule has 0 saturated heterocycles. The number of methoxy groups -OCH3 is 1. The minimum Gasteiger partial charge on any atom is -0.493 e. The first kappa shape index (κ1) is 11.9. The summed E-state index contributed by atoms with van der Waals surface area (Å²) in [6.07, 6.45) is 2.75. The molecule has 0 radical (unpaired) electrons. The normalized spacial score (nSPS) is 11.1. The molecule has 0 unspecified atom stereocenters.